The summed E-state index contributed by atoms with van der Waals surface area (Å²) in [7, 11) is 1.30. The number of carbonyl (C=O) groups excluding carboxylic acids is 2. The van der Waals surface area contributed by atoms with Crippen molar-refractivity contribution in [3.63, 3.8) is 0 Å². The number of rotatable bonds is 6. The average molecular weight is 456 g/mol. The van der Waals surface area contributed by atoms with E-state index in [4.69, 9.17) is 39.1 Å². The van der Waals surface area contributed by atoms with Crippen LogP contribution in [-0.4, -0.2) is 24.8 Å². The van der Waals surface area contributed by atoms with Crippen LogP contribution in [0, 0.1) is 5.41 Å². The summed E-state index contributed by atoms with van der Waals surface area (Å²) in [6, 6.07) is 16.9. The molecular formula is C23H19Cl2N3O3. The van der Waals surface area contributed by atoms with Crippen LogP contribution in [-0.2, 0) is 11.3 Å². The van der Waals surface area contributed by atoms with Crippen LogP contribution in [0.1, 0.15) is 31.8 Å². The number of benzene rings is 3. The Bertz CT molecular complexity index is 1180. The molecule has 0 aromatic heterocycles. The molecule has 0 fully saturated rings. The highest BCUT2D eigenvalue weighted by atomic mass is 35.5. The lowest BCUT2D eigenvalue weighted by Gasteiger charge is -2.11. The zero-order valence-corrected chi connectivity index (χ0v) is 18.1. The second-order valence-electron chi connectivity index (χ2n) is 6.72. The van der Waals surface area contributed by atoms with Crippen LogP contribution in [0.25, 0.3) is 11.1 Å². The van der Waals surface area contributed by atoms with E-state index in [0.717, 1.165) is 11.1 Å². The van der Waals surface area contributed by atoms with Crippen molar-refractivity contribution in [1.29, 1.82) is 5.41 Å². The number of hydrogen-bond acceptors (Lipinski definition) is 4. The van der Waals surface area contributed by atoms with Crippen LogP contribution in [0.2, 0.25) is 10.0 Å². The molecule has 0 spiro atoms. The summed E-state index contributed by atoms with van der Waals surface area (Å²) in [5.41, 5.74) is 9.06. The maximum atomic E-state index is 12.5. The standard InChI is InChI=1S/C23H19Cl2N3O3/c1-31-23(30)18-8-13(12-28-22(29)16-5-6-19(24)20(25)11-16)7-17(10-18)14-3-2-4-15(9-14)21(26)27/h2-11H,12H2,1H3,(H3,26,27)(H,28,29). The third-order valence-corrected chi connectivity index (χ3v) is 5.29. The maximum absolute atomic E-state index is 12.5. The van der Waals surface area contributed by atoms with Crippen LogP contribution in [0.15, 0.2) is 60.7 Å². The van der Waals surface area contributed by atoms with Gasteiger partial charge >= 0.3 is 5.97 Å². The fraction of sp³-hybridized carbons (Fsp3) is 0.0870. The molecule has 158 valence electrons. The molecule has 1 amide bonds. The van der Waals surface area contributed by atoms with Crippen molar-refractivity contribution in [3.8, 4) is 11.1 Å². The number of esters is 1. The highest BCUT2D eigenvalue weighted by molar-refractivity contribution is 6.42. The number of ether oxygens (including phenoxy) is 1. The first-order valence-corrected chi connectivity index (χ1v) is 9.94. The molecule has 3 rings (SSSR count). The van der Waals surface area contributed by atoms with Gasteiger partial charge in [0.05, 0.1) is 22.7 Å². The van der Waals surface area contributed by atoms with E-state index in [9.17, 15) is 9.59 Å². The van der Waals surface area contributed by atoms with Gasteiger partial charge in [0.15, 0.2) is 0 Å². The maximum Gasteiger partial charge on any atom is 0.337 e. The molecule has 4 N–H and O–H groups in total. The molecule has 6 nitrogen and oxygen atoms in total. The number of amidine groups is 1. The summed E-state index contributed by atoms with van der Waals surface area (Å²) in [6.45, 7) is 0.170. The van der Waals surface area contributed by atoms with E-state index in [-0.39, 0.29) is 23.3 Å². The Hall–Kier alpha value is -3.35. The Morgan fingerprint density at radius 3 is 2.35 bits per heavy atom. The quantitative estimate of drug-likeness (QED) is 0.285. The molecule has 0 saturated carbocycles. The summed E-state index contributed by atoms with van der Waals surface area (Å²) >= 11 is 11.9. The minimum absolute atomic E-state index is 0.0555. The van der Waals surface area contributed by atoms with Crippen molar-refractivity contribution in [2.24, 2.45) is 5.73 Å². The lowest BCUT2D eigenvalue weighted by atomic mass is 9.98. The number of nitrogen functional groups attached to an aromatic ring is 1. The first-order valence-electron chi connectivity index (χ1n) is 9.19. The molecule has 3 aromatic carbocycles. The number of amides is 1. The predicted octanol–water partition coefficient (Wildman–Crippen LogP) is 4.66. The molecule has 0 bridgehead atoms. The largest absolute Gasteiger partial charge is 0.465 e. The molecule has 0 aliphatic carbocycles. The van der Waals surface area contributed by atoms with E-state index in [0.29, 0.717) is 27.3 Å². The summed E-state index contributed by atoms with van der Waals surface area (Å²) in [4.78, 5) is 24.7. The van der Waals surface area contributed by atoms with Gasteiger partial charge in [-0.1, -0.05) is 41.4 Å². The topological polar surface area (TPSA) is 105 Å². The van der Waals surface area contributed by atoms with Gasteiger partial charge in [0.25, 0.3) is 5.91 Å². The number of methoxy groups -OCH3 is 1. The van der Waals surface area contributed by atoms with Crippen molar-refractivity contribution >= 4 is 40.9 Å². The second kappa shape index (κ2) is 9.64. The first-order chi connectivity index (χ1) is 14.8. The van der Waals surface area contributed by atoms with Gasteiger partial charge in [0.2, 0.25) is 0 Å². The molecule has 0 heterocycles. The Balaban J connectivity index is 1.90. The van der Waals surface area contributed by atoms with Crippen molar-refractivity contribution < 1.29 is 14.3 Å². The third kappa shape index (κ3) is 5.42. The van der Waals surface area contributed by atoms with Crippen molar-refractivity contribution in [3.05, 3.63) is 93.0 Å². The Morgan fingerprint density at radius 2 is 1.68 bits per heavy atom. The number of carbonyl (C=O) groups is 2. The number of nitrogens with one attached hydrogen (secondary N) is 2. The summed E-state index contributed by atoms with van der Waals surface area (Å²) in [6.07, 6.45) is 0. The predicted molar refractivity (Wildman–Crippen MR) is 122 cm³/mol. The highest BCUT2D eigenvalue weighted by Crippen LogP contribution is 2.25. The molecule has 0 radical (unpaired) electrons. The number of hydrogen-bond donors (Lipinski definition) is 3. The average Bonchev–Trinajstić information content (AvgIpc) is 2.78. The van der Waals surface area contributed by atoms with Crippen LogP contribution in [0.4, 0.5) is 0 Å². The molecule has 31 heavy (non-hydrogen) atoms. The highest BCUT2D eigenvalue weighted by Gasteiger charge is 2.13. The Labute approximate surface area is 189 Å². The van der Waals surface area contributed by atoms with Crippen LogP contribution >= 0.6 is 23.2 Å². The van der Waals surface area contributed by atoms with Gasteiger partial charge in [-0.25, -0.2) is 4.79 Å². The van der Waals surface area contributed by atoms with E-state index >= 15 is 0 Å². The van der Waals surface area contributed by atoms with Crippen LogP contribution in [0.5, 0.6) is 0 Å². The van der Waals surface area contributed by atoms with Crippen molar-refractivity contribution in [2.75, 3.05) is 7.11 Å². The van der Waals surface area contributed by atoms with Gasteiger partial charge in [-0.3, -0.25) is 10.2 Å². The SMILES string of the molecule is COC(=O)c1cc(CNC(=O)c2ccc(Cl)c(Cl)c2)cc(-c2cccc(C(=N)N)c2)c1. The third-order valence-electron chi connectivity index (χ3n) is 4.56. The normalized spacial score (nSPS) is 10.4. The molecule has 8 heteroatoms. The minimum Gasteiger partial charge on any atom is -0.465 e. The summed E-state index contributed by atoms with van der Waals surface area (Å²) in [5, 5.41) is 11.1. The molecule has 3 aromatic rings. The monoisotopic (exact) mass is 455 g/mol. The van der Waals surface area contributed by atoms with Gasteiger partial charge in [-0.05, 0) is 59.2 Å². The van der Waals surface area contributed by atoms with E-state index in [2.05, 4.69) is 5.32 Å². The summed E-state index contributed by atoms with van der Waals surface area (Å²) in [5.74, 6) is -0.885. The molecule has 0 aliphatic heterocycles. The van der Waals surface area contributed by atoms with Crippen LogP contribution in [0.3, 0.4) is 0 Å². The Morgan fingerprint density at radius 1 is 0.935 bits per heavy atom. The van der Waals surface area contributed by atoms with Crippen molar-refractivity contribution in [1.82, 2.24) is 5.32 Å². The number of halogens is 2. The zero-order chi connectivity index (χ0) is 22.5. The molecule has 0 unspecified atom stereocenters. The zero-order valence-electron chi connectivity index (χ0n) is 16.5. The van der Waals surface area contributed by atoms with Crippen LogP contribution < -0.4 is 11.1 Å². The van der Waals surface area contributed by atoms with E-state index < -0.39 is 5.97 Å². The fourth-order valence-corrected chi connectivity index (χ4v) is 3.28. The van der Waals surface area contributed by atoms with Gasteiger partial charge in [0, 0.05) is 17.7 Å². The fourth-order valence-electron chi connectivity index (χ4n) is 2.98. The van der Waals surface area contributed by atoms with Gasteiger partial charge in [-0.2, -0.15) is 0 Å². The smallest absolute Gasteiger partial charge is 0.337 e. The molecule has 0 aliphatic rings. The van der Waals surface area contributed by atoms with E-state index in [1.165, 1.54) is 13.2 Å². The van der Waals surface area contributed by atoms with Gasteiger partial charge < -0.3 is 15.8 Å². The van der Waals surface area contributed by atoms with Crippen molar-refractivity contribution in [2.45, 2.75) is 6.54 Å². The molecule has 0 saturated heterocycles. The van der Waals surface area contributed by atoms with E-state index in [1.54, 1.807) is 42.5 Å². The minimum atomic E-state index is -0.498. The Kier molecular flexibility index (Phi) is 6.95. The summed E-state index contributed by atoms with van der Waals surface area (Å²) < 4.78 is 4.86. The first kappa shape index (κ1) is 22.3. The molecule has 0 atom stereocenters. The lowest BCUT2D eigenvalue weighted by Crippen LogP contribution is -2.23. The number of nitrogens with two attached hydrogens (primary N) is 1. The van der Waals surface area contributed by atoms with Gasteiger partial charge in [0.1, 0.15) is 5.84 Å². The second-order valence-corrected chi connectivity index (χ2v) is 7.53. The van der Waals surface area contributed by atoms with E-state index in [1.807, 2.05) is 12.1 Å². The molecular weight excluding hydrogens is 437 g/mol. The lowest BCUT2D eigenvalue weighted by molar-refractivity contribution is 0.0600. The van der Waals surface area contributed by atoms with Gasteiger partial charge in [-0.15, -0.1) is 0 Å².